The first-order valence-corrected chi connectivity index (χ1v) is 16.4. The molecule has 0 amide bonds. The monoisotopic (exact) mass is 615 g/mol. The second-order valence-electron chi connectivity index (χ2n) is 13.2. The van der Waals surface area contributed by atoms with Crippen LogP contribution in [0.3, 0.4) is 0 Å². The fraction of sp³-hybridized carbons (Fsp3) is 0.0682. The second-order valence-corrected chi connectivity index (χ2v) is 13.2. The number of fused-ring (bicyclic) bond motifs is 9. The Bertz CT molecular complexity index is 2760. The molecule has 2 heterocycles. The summed E-state index contributed by atoms with van der Waals surface area (Å²) in [5.41, 5.74) is 9.49. The van der Waals surface area contributed by atoms with Crippen LogP contribution in [0.1, 0.15) is 25.0 Å². The number of para-hydroxylation sites is 1. The largest absolute Gasteiger partial charge is 0.455 e. The van der Waals surface area contributed by atoms with Crippen molar-refractivity contribution in [3.63, 3.8) is 0 Å². The van der Waals surface area contributed by atoms with Crippen LogP contribution >= 0.6 is 0 Å². The SMILES string of the molecule is CC1(C)c2ccccc2-c2cc3c(cc21)oc1c(-c2nc(-c4ccccc4)nc(-c4cc5ccccc5c5ccccc45)n2)cccc13. The minimum Gasteiger partial charge on any atom is -0.455 e. The first-order valence-electron chi connectivity index (χ1n) is 16.4. The molecule has 0 fully saturated rings. The molecule has 0 saturated heterocycles. The molecule has 1 aliphatic rings. The van der Waals surface area contributed by atoms with Crippen molar-refractivity contribution in [2.24, 2.45) is 0 Å². The lowest BCUT2D eigenvalue weighted by molar-refractivity contribution is 0.647. The quantitative estimate of drug-likeness (QED) is 0.186. The van der Waals surface area contributed by atoms with Crippen molar-refractivity contribution in [1.29, 1.82) is 0 Å². The second kappa shape index (κ2) is 9.93. The van der Waals surface area contributed by atoms with Crippen LogP contribution in [0.2, 0.25) is 0 Å². The van der Waals surface area contributed by atoms with E-state index < -0.39 is 0 Å². The molecule has 4 nitrogen and oxygen atoms in total. The number of benzene rings is 7. The maximum Gasteiger partial charge on any atom is 0.167 e. The van der Waals surface area contributed by atoms with Gasteiger partial charge in [0.1, 0.15) is 11.2 Å². The highest BCUT2D eigenvalue weighted by Gasteiger charge is 2.36. The van der Waals surface area contributed by atoms with Crippen LogP contribution in [0.25, 0.3) is 88.8 Å². The van der Waals surface area contributed by atoms with Gasteiger partial charge in [-0.3, -0.25) is 0 Å². The van der Waals surface area contributed by atoms with Gasteiger partial charge in [-0.1, -0.05) is 129 Å². The molecule has 0 aliphatic heterocycles. The Kier molecular flexibility index (Phi) is 5.59. The molecule has 48 heavy (non-hydrogen) atoms. The van der Waals surface area contributed by atoms with E-state index in [4.69, 9.17) is 19.4 Å². The topological polar surface area (TPSA) is 51.8 Å². The number of hydrogen-bond donors (Lipinski definition) is 0. The van der Waals surface area contributed by atoms with Crippen molar-refractivity contribution < 1.29 is 4.42 Å². The highest BCUT2D eigenvalue weighted by atomic mass is 16.3. The van der Waals surface area contributed by atoms with E-state index in [0.29, 0.717) is 17.5 Å². The van der Waals surface area contributed by atoms with Crippen LogP contribution in [0.15, 0.2) is 144 Å². The highest BCUT2D eigenvalue weighted by molar-refractivity contribution is 6.14. The lowest BCUT2D eigenvalue weighted by Crippen LogP contribution is -2.14. The van der Waals surface area contributed by atoms with Gasteiger partial charge in [0.05, 0.1) is 5.56 Å². The summed E-state index contributed by atoms with van der Waals surface area (Å²) in [6.45, 7) is 4.59. The standard InChI is InChI=1S/C44H29N3O/c1-44(2)37-22-11-10-19-31(37)34-24-35-32-20-12-21-33(40(32)48-39(35)25-38(34)44)42-45-41(26-13-4-3-5-14-26)46-43(47-42)36-23-27-15-6-7-16-28(27)29-17-8-9-18-30(29)36/h3-25H,1-2H3. The number of aromatic nitrogens is 3. The molecule has 0 atom stereocenters. The van der Waals surface area contributed by atoms with Crippen LogP contribution in [-0.2, 0) is 5.41 Å². The Morgan fingerprint density at radius 2 is 1.08 bits per heavy atom. The van der Waals surface area contributed by atoms with Gasteiger partial charge in [-0.05, 0) is 68.1 Å². The Balaban J connectivity index is 1.24. The zero-order chi connectivity index (χ0) is 32.0. The molecule has 9 aromatic rings. The first kappa shape index (κ1) is 27.0. The molecule has 10 rings (SSSR count). The molecular weight excluding hydrogens is 587 g/mol. The van der Waals surface area contributed by atoms with Gasteiger partial charge in [0, 0.05) is 27.3 Å². The van der Waals surface area contributed by atoms with Crippen LogP contribution in [0, 0.1) is 0 Å². The van der Waals surface area contributed by atoms with Crippen molar-refractivity contribution in [2.75, 3.05) is 0 Å². The minimum atomic E-state index is -0.113. The third-order valence-corrected chi connectivity index (χ3v) is 10.1. The summed E-state index contributed by atoms with van der Waals surface area (Å²) < 4.78 is 6.77. The summed E-state index contributed by atoms with van der Waals surface area (Å²) in [7, 11) is 0. The van der Waals surface area contributed by atoms with E-state index in [9.17, 15) is 0 Å². The predicted octanol–water partition coefficient (Wildman–Crippen LogP) is 11.4. The van der Waals surface area contributed by atoms with E-state index >= 15 is 0 Å². The predicted molar refractivity (Wildman–Crippen MR) is 196 cm³/mol. The van der Waals surface area contributed by atoms with E-state index in [-0.39, 0.29) is 5.41 Å². The summed E-state index contributed by atoms with van der Waals surface area (Å²) in [6, 6.07) is 48.9. The molecule has 0 saturated carbocycles. The Labute approximate surface area is 277 Å². The molecule has 0 bridgehead atoms. The number of nitrogens with zero attached hydrogens (tertiary/aromatic N) is 3. The Morgan fingerprint density at radius 1 is 0.438 bits per heavy atom. The Morgan fingerprint density at radius 3 is 1.94 bits per heavy atom. The minimum absolute atomic E-state index is 0.113. The molecule has 2 aromatic heterocycles. The number of hydrogen-bond acceptors (Lipinski definition) is 4. The summed E-state index contributed by atoms with van der Waals surface area (Å²) in [4.78, 5) is 15.4. The normalized spacial score (nSPS) is 13.4. The summed E-state index contributed by atoms with van der Waals surface area (Å²) in [6.07, 6.45) is 0. The van der Waals surface area contributed by atoms with Gasteiger partial charge in [0.2, 0.25) is 0 Å². The summed E-state index contributed by atoms with van der Waals surface area (Å²) >= 11 is 0. The van der Waals surface area contributed by atoms with Gasteiger partial charge < -0.3 is 4.42 Å². The van der Waals surface area contributed by atoms with Crippen LogP contribution in [0.5, 0.6) is 0 Å². The highest BCUT2D eigenvalue weighted by Crippen LogP contribution is 2.51. The van der Waals surface area contributed by atoms with Gasteiger partial charge in [-0.15, -0.1) is 0 Å². The fourth-order valence-corrected chi connectivity index (χ4v) is 7.74. The third kappa shape index (κ3) is 3.86. The molecule has 0 N–H and O–H groups in total. The lowest BCUT2D eigenvalue weighted by atomic mass is 9.82. The molecule has 0 spiro atoms. The zero-order valence-corrected chi connectivity index (χ0v) is 26.5. The van der Waals surface area contributed by atoms with Gasteiger partial charge in [0.25, 0.3) is 0 Å². The number of furan rings is 1. The van der Waals surface area contributed by atoms with Gasteiger partial charge in [-0.2, -0.15) is 0 Å². The Hall–Kier alpha value is -6.13. The first-order chi connectivity index (χ1) is 23.5. The van der Waals surface area contributed by atoms with E-state index in [1.165, 1.54) is 33.0 Å². The molecular formula is C44H29N3O. The van der Waals surface area contributed by atoms with Crippen molar-refractivity contribution in [1.82, 2.24) is 15.0 Å². The molecule has 4 heteroatoms. The fourth-order valence-electron chi connectivity index (χ4n) is 7.74. The average Bonchev–Trinajstić information content (AvgIpc) is 3.62. The van der Waals surface area contributed by atoms with Crippen molar-refractivity contribution in [2.45, 2.75) is 19.3 Å². The van der Waals surface area contributed by atoms with Crippen molar-refractivity contribution in [3.05, 3.63) is 151 Å². The maximum atomic E-state index is 6.77. The van der Waals surface area contributed by atoms with E-state index in [2.05, 4.69) is 123 Å². The van der Waals surface area contributed by atoms with E-state index in [1.807, 2.05) is 30.3 Å². The van der Waals surface area contributed by atoms with E-state index in [1.54, 1.807) is 0 Å². The molecule has 7 aromatic carbocycles. The van der Waals surface area contributed by atoms with Crippen molar-refractivity contribution in [3.8, 4) is 45.3 Å². The van der Waals surface area contributed by atoms with Gasteiger partial charge in [-0.25, -0.2) is 15.0 Å². The van der Waals surface area contributed by atoms with E-state index in [0.717, 1.165) is 49.4 Å². The lowest BCUT2D eigenvalue weighted by Gasteiger charge is -2.21. The smallest absolute Gasteiger partial charge is 0.167 e. The van der Waals surface area contributed by atoms with Crippen molar-refractivity contribution >= 4 is 43.5 Å². The number of rotatable bonds is 3. The van der Waals surface area contributed by atoms with Crippen LogP contribution in [-0.4, -0.2) is 15.0 Å². The third-order valence-electron chi connectivity index (χ3n) is 10.1. The maximum absolute atomic E-state index is 6.77. The zero-order valence-electron chi connectivity index (χ0n) is 26.5. The van der Waals surface area contributed by atoms with Gasteiger partial charge >= 0.3 is 0 Å². The van der Waals surface area contributed by atoms with Crippen LogP contribution < -0.4 is 0 Å². The average molecular weight is 616 g/mol. The molecule has 0 radical (unpaired) electrons. The van der Waals surface area contributed by atoms with Gasteiger partial charge in [0.15, 0.2) is 17.5 Å². The summed E-state index contributed by atoms with van der Waals surface area (Å²) in [5, 5.41) is 6.77. The molecule has 0 unspecified atom stereocenters. The molecule has 1 aliphatic carbocycles. The molecule has 226 valence electrons. The van der Waals surface area contributed by atoms with Crippen LogP contribution in [0.4, 0.5) is 0 Å². The summed E-state index contributed by atoms with van der Waals surface area (Å²) in [5.74, 6) is 1.84.